The van der Waals surface area contributed by atoms with E-state index in [1.165, 1.54) is 0 Å². The van der Waals surface area contributed by atoms with Gasteiger partial charge in [0.25, 0.3) is 0 Å². The Morgan fingerprint density at radius 2 is 2.17 bits per heavy atom. The average molecular weight is 252 g/mol. The number of hydrogen-bond donors (Lipinski definition) is 2. The average Bonchev–Trinajstić information content (AvgIpc) is 2.76. The van der Waals surface area contributed by atoms with Gasteiger partial charge in [0.1, 0.15) is 5.82 Å². The predicted octanol–water partition coefficient (Wildman–Crippen LogP) is 0.919. The Labute approximate surface area is 109 Å². The topological polar surface area (TPSA) is 53.2 Å². The summed E-state index contributed by atoms with van der Waals surface area (Å²) in [7, 11) is 0. The van der Waals surface area contributed by atoms with E-state index in [1.807, 2.05) is 13.1 Å². The Kier molecular flexibility index (Phi) is 4.37. The van der Waals surface area contributed by atoms with Crippen molar-refractivity contribution in [3.8, 4) is 0 Å². The van der Waals surface area contributed by atoms with Crippen LogP contribution in [0.1, 0.15) is 25.4 Å². The van der Waals surface area contributed by atoms with Gasteiger partial charge in [0.15, 0.2) is 0 Å². The highest BCUT2D eigenvalue weighted by atomic mass is 16.5. The first kappa shape index (κ1) is 13.5. The van der Waals surface area contributed by atoms with Crippen molar-refractivity contribution in [1.82, 2.24) is 20.2 Å². The molecule has 0 radical (unpaired) electrons. The van der Waals surface area contributed by atoms with Gasteiger partial charge < -0.3 is 15.0 Å². The molecule has 18 heavy (non-hydrogen) atoms. The van der Waals surface area contributed by atoms with Crippen LogP contribution in [0.2, 0.25) is 0 Å². The molecule has 1 fully saturated rings. The molecule has 1 aromatic heterocycles. The van der Waals surface area contributed by atoms with Gasteiger partial charge in [0, 0.05) is 43.6 Å². The fourth-order valence-corrected chi connectivity index (χ4v) is 2.35. The van der Waals surface area contributed by atoms with Gasteiger partial charge in [-0.25, -0.2) is 4.98 Å². The fourth-order valence-electron chi connectivity index (χ4n) is 2.35. The molecule has 5 nitrogen and oxygen atoms in total. The molecule has 1 saturated heterocycles. The van der Waals surface area contributed by atoms with E-state index < -0.39 is 0 Å². The lowest BCUT2D eigenvalue weighted by molar-refractivity contribution is -0.00968. The summed E-state index contributed by atoms with van der Waals surface area (Å²) in [6.45, 7) is 12.1. The molecule has 0 spiro atoms. The van der Waals surface area contributed by atoms with Gasteiger partial charge in [0.2, 0.25) is 0 Å². The zero-order valence-corrected chi connectivity index (χ0v) is 11.6. The lowest BCUT2D eigenvalue weighted by Gasteiger charge is -2.41. The Morgan fingerprint density at radius 1 is 1.44 bits per heavy atom. The number of morpholine rings is 1. The third kappa shape index (κ3) is 3.54. The molecule has 2 N–H and O–H groups in total. The van der Waals surface area contributed by atoms with Crippen LogP contribution >= 0.6 is 0 Å². The summed E-state index contributed by atoms with van der Waals surface area (Å²) < 4.78 is 5.40. The highest BCUT2D eigenvalue weighted by Crippen LogP contribution is 2.15. The minimum absolute atomic E-state index is 0.166. The number of aryl methyl sites for hydroxylation is 1. The summed E-state index contributed by atoms with van der Waals surface area (Å²) in [5.74, 6) is 0.972. The number of aromatic amines is 1. The fraction of sp³-hybridized carbons (Fsp3) is 0.769. The van der Waals surface area contributed by atoms with Gasteiger partial charge in [-0.05, 0) is 20.8 Å². The van der Waals surface area contributed by atoms with Crippen LogP contribution in [0.25, 0.3) is 0 Å². The molecule has 102 valence electrons. The van der Waals surface area contributed by atoms with Gasteiger partial charge in [-0.15, -0.1) is 0 Å². The summed E-state index contributed by atoms with van der Waals surface area (Å²) in [5.41, 5.74) is 1.31. The minimum Gasteiger partial charge on any atom is -0.379 e. The van der Waals surface area contributed by atoms with Crippen LogP contribution in [0, 0.1) is 6.92 Å². The molecule has 1 aliphatic rings. The maximum Gasteiger partial charge on any atom is 0.103 e. The standard InChI is InChI=1S/C13H24N4O/c1-11-15-9-12(16-11)8-14-10-13(2,3)17-4-6-18-7-5-17/h9,14H,4-8,10H2,1-3H3,(H,15,16). The van der Waals surface area contributed by atoms with E-state index in [4.69, 9.17) is 4.74 Å². The highest BCUT2D eigenvalue weighted by Gasteiger charge is 2.27. The number of rotatable bonds is 5. The highest BCUT2D eigenvalue weighted by molar-refractivity contribution is 4.99. The zero-order valence-electron chi connectivity index (χ0n) is 11.6. The first-order chi connectivity index (χ1) is 8.58. The number of nitrogens with one attached hydrogen (secondary N) is 2. The number of H-pyrrole nitrogens is 1. The first-order valence-electron chi connectivity index (χ1n) is 6.62. The van der Waals surface area contributed by atoms with Crippen molar-refractivity contribution in [2.45, 2.75) is 32.9 Å². The smallest absolute Gasteiger partial charge is 0.103 e. The van der Waals surface area contributed by atoms with Crippen LogP contribution in [-0.4, -0.2) is 53.3 Å². The van der Waals surface area contributed by atoms with Crippen molar-refractivity contribution in [3.05, 3.63) is 17.7 Å². The van der Waals surface area contributed by atoms with Gasteiger partial charge in [-0.2, -0.15) is 0 Å². The molecule has 0 unspecified atom stereocenters. The molecule has 0 atom stereocenters. The van der Waals surface area contributed by atoms with Crippen LogP contribution in [0.5, 0.6) is 0 Å². The third-order valence-corrected chi connectivity index (χ3v) is 3.50. The number of imidazole rings is 1. The summed E-state index contributed by atoms with van der Waals surface area (Å²) in [5, 5.41) is 3.50. The molecule has 0 aromatic carbocycles. The SMILES string of the molecule is Cc1ncc(CNCC(C)(C)N2CCOCC2)[nH]1. The van der Waals surface area contributed by atoms with E-state index in [-0.39, 0.29) is 5.54 Å². The van der Waals surface area contributed by atoms with Crippen molar-refractivity contribution in [1.29, 1.82) is 0 Å². The van der Waals surface area contributed by atoms with Gasteiger partial charge in [-0.1, -0.05) is 0 Å². The molecule has 5 heteroatoms. The monoisotopic (exact) mass is 252 g/mol. The van der Waals surface area contributed by atoms with Crippen molar-refractivity contribution < 1.29 is 4.74 Å². The van der Waals surface area contributed by atoms with E-state index in [1.54, 1.807) is 0 Å². The normalized spacial score (nSPS) is 18.2. The van der Waals surface area contributed by atoms with Crippen LogP contribution in [0.4, 0.5) is 0 Å². The van der Waals surface area contributed by atoms with E-state index in [9.17, 15) is 0 Å². The molecule has 1 aromatic rings. The van der Waals surface area contributed by atoms with Gasteiger partial charge >= 0.3 is 0 Å². The van der Waals surface area contributed by atoms with Crippen LogP contribution in [0.15, 0.2) is 6.20 Å². The molecule has 2 rings (SSSR count). The van der Waals surface area contributed by atoms with Crippen molar-refractivity contribution in [2.75, 3.05) is 32.8 Å². The van der Waals surface area contributed by atoms with Crippen LogP contribution < -0.4 is 5.32 Å². The summed E-state index contributed by atoms with van der Waals surface area (Å²) in [4.78, 5) is 9.92. The number of hydrogen-bond acceptors (Lipinski definition) is 4. The Bertz CT molecular complexity index is 369. The van der Waals surface area contributed by atoms with Crippen molar-refractivity contribution in [3.63, 3.8) is 0 Å². The quantitative estimate of drug-likeness (QED) is 0.818. The van der Waals surface area contributed by atoms with E-state index >= 15 is 0 Å². The van der Waals surface area contributed by atoms with Gasteiger partial charge in [0.05, 0.1) is 13.2 Å². The largest absolute Gasteiger partial charge is 0.379 e. The van der Waals surface area contributed by atoms with E-state index in [0.29, 0.717) is 0 Å². The van der Waals surface area contributed by atoms with Gasteiger partial charge in [-0.3, -0.25) is 4.90 Å². The third-order valence-electron chi connectivity index (χ3n) is 3.50. The first-order valence-corrected chi connectivity index (χ1v) is 6.62. The number of nitrogens with zero attached hydrogens (tertiary/aromatic N) is 2. The second-order valence-corrected chi connectivity index (χ2v) is 5.51. The Morgan fingerprint density at radius 3 is 2.78 bits per heavy atom. The summed E-state index contributed by atoms with van der Waals surface area (Å²) >= 11 is 0. The number of aromatic nitrogens is 2. The number of ether oxygens (including phenoxy) is 1. The molecule has 0 bridgehead atoms. The summed E-state index contributed by atoms with van der Waals surface area (Å²) in [6.07, 6.45) is 1.89. The zero-order chi connectivity index (χ0) is 13.0. The van der Waals surface area contributed by atoms with Crippen molar-refractivity contribution in [2.24, 2.45) is 0 Å². The Balaban J connectivity index is 1.77. The summed E-state index contributed by atoms with van der Waals surface area (Å²) in [6, 6.07) is 0. The minimum atomic E-state index is 0.166. The molecule has 0 aliphatic carbocycles. The molecule has 2 heterocycles. The molecule has 0 amide bonds. The van der Waals surface area contributed by atoms with Crippen LogP contribution in [0.3, 0.4) is 0 Å². The van der Waals surface area contributed by atoms with Crippen LogP contribution in [-0.2, 0) is 11.3 Å². The maximum absolute atomic E-state index is 5.40. The molecule has 0 saturated carbocycles. The molecular formula is C13H24N4O. The predicted molar refractivity (Wildman–Crippen MR) is 71.5 cm³/mol. The second-order valence-electron chi connectivity index (χ2n) is 5.51. The van der Waals surface area contributed by atoms with Crippen molar-refractivity contribution >= 4 is 0 Å². The lowest BCUT2D eigenvalue weighted by Crippen LogP contribution is -2.54. The molecular weight excluding hydrogens is 228 g/mol. The van der Waals surface area contributed by atoms with E-state index in [2.05, 4.69) is 34.0 Å². The lowest BCUT2D eigenvalue weighted by atomic mass is 10.0. The van der Waals surface area contributed by atoms with E-state index in [0.717, 1.165) is 50.9 Å². The maximum atomic E-state index is 5.40. The molecule has 1 aliphatic heterocycles. The Hall–Kier alpha value is -0.910. The second kappa shape index (κ2) is 5.82.